The third kappa shape index (κ3) is 4.44. The Labute approximate surface area is 102 Å². The fourth-order valence-corrected chi connectivity index (χ4v) is 1.43. The van der Waals surface area contributed by atoms with Crippen molar-refractivity contribution in [2.24, 2.45) is 0 Å². The zero-order chi connectivity index (χ0) is 12.5. The summed E-state index contributed by atoms with van der Waals surface area (Å²) >= 11 is 0. The number of hydrogen-bond acceptors (Lipinski definition) is 3. The first-order chi connectivity index (χ1) is 8.27. The third-order valence-corrected chi connectivity index (χ3v) is 2.34. The van der Waals surface area contributed by atoms with Crippen molar-refractivity contribution < 1.29 is 0 Å². The summed E-state index contributed by atoms with van der Waals surface area (Å²) < 4.78 is 0. The van der Waals surface area contributed by atoms with E-state index in [2.05, 4.69) is 21.5 Å². The summed E-state index contributed by atoms with van der Waals surface area (Å²) in [5.41, 5.74) is 3.19. The maximum absolute atomic E-state index is 8.48. The van der Waals surface area contributed by atoms with Gasteiger partial charge >= 0.3 is 0 Å². The molecule has 0 bridgehead atoms. The Kier molecular flexibility index (Phi) is 5.40. The molecule has 2 N–H and O–H groups in total. The lowest BCUT2D eigenvalue weighted by atomic mass is 10.1. The molecule has 17 heavy (non-hydrogen) atoms. The number of rotatable bonds is 6. The quantitative estimate of drug-likeness (QED) is 0.581. The summed E-state index contributed by atoms with van der Waals surface area (Å²) in [4.78, 5) is 3.29. The van der Waals surface area contributed by atoms with E-state index < -0.39 is 0 Å². The third-order valence-electron chi connectivity index (χ3n) is 2.34. The molecule has 1 aromatic rings. The van der Waals surface area contributed by atoms with Gasteiger partial charge in [-0.1, -0.05) is 6.07 Å². The summed E-state index contributed by atoms with van der Waals surface area (Å²) in [6.45, 7) is 10.5. The van der Waals surface area contributed by atoms with E-state index in [1.54, 1.807) is 0 Å². The number of anilines is 2. The second-order valence-corrected chi connectivity index (χ2v) is 3.67. The molecule has 0 aliphatic heterocycles. The number of hydrogen-bond donors (Lipinski definition) is 2. The van der Waals surface area contributed by atoms with Gasteiger partial charge in [0.2, 0.25) is 6.54 Å². The number of nitriles is 1. The van der Waals surface area contributed by atoms with E-state index in [-0.39, 0.29) is 0 Å². The maximum Gasteiger partial charge on any atom is 0.231 e. The first kappa shape index (κ1) is 12.9. The van der Waals surface area contributed by atoms with Crippen LogP contribution in [0, 0.1) is 24.8 Å². The molecule has 0 fully saturated rings. The van der Waals surface area contributed by atoms with Crippen LogP contribution in [0.2, 0.25) is 0 Å². The Morgan fingerprint density at radius 3 is 2.88 bits per heavy atom. The Bertz CT molecular complexity index is 440. The van der Waals surface area contributed by atoms with Crippen LogP contribution >= 0.6 is 0 Å². The predicted octanol–water partition coefficient (Wildman–Crippen LogP) is 2.65. The summed E-state index contributed by atoms with van der Waals surface area (Å²) in [5, 5.41) is 14.9. The number of aryl methyl sites for hydroxylation is 1. The van der Waals surface area contributed by atoms with Crippen molar-refractivity contribution in [3.05, 3.63) is 35.2 Å². The van der Waals surface area contributed by atoms with E-state index >= 15 is 0 Å². The molecule has 1 rings (SSSR count). The molecule has 0 unspecified atom stereocenters. The van der Waals surface area contributed by atoms with E-state index in [0.717, 1.165) is 16.9 Å². The fourth-order valence-electron chi connectivity index (χ4n) is 1.43. The van der Waals surface area contributed by atoms with Gasteiger partial charge in [0.25, 0.3) is 0 Å². The molecular formula is C13H16N4. The van der Waals surface area contributed by atoms with E-state index in [4.69, 9.17) is 11.8 Å². The summed E-state index contributed by atoms with van der Waals surface area (Å²) in [6.07, 6.45) is 0.495. The van der Waals surface area contributed by atoms with Crippen molar-refractivity contribution in [2.75, 3.05) is 30.3 Å². The Morgan fingerprint density at radius 2 is 2.18 bits per heavy atom. The zero-order valence-electron chi connectivity index (χ0n) is 9.95. The molecular weight excluding hydrogens is 212 g/mol. The number of nitrogens with zero attached hydrogens (tertiary/aromatic N) is 2. The van der Waals surface area contributed by atoms with Gasteiger partial charge in [0.15, 0.2) is 0 Å². The molecule has 0 atom stereocenters. The molecule has 0 amide bonds. The molecule has 0 radical (unpaired) electrons. The Hall–Kier alpha value is -2.20. The molecule has 0 aliphatic rings. The van der Waals surface area contributed by atoms with E-state index in [0.29, 0.717) is 26.1 Å². The first-order valence-electron chi connectivity index (χ1n) is 5.56. The van der Waals surface area contributed by atoms with Crippen molar-refractivity contribution in [1.82, 2.24) is 0 Å². The van der Waals surface area contributed by atoms with Crippen LogP contribution in [0.1, 0.15) is 12.0 Å². The second-order valence-electron chi connectivity index (χ2n) is 3.67. The van der Waals surface area contributed by atoms with E-state index in [9.17, 15) is 0 Å². The SMILES string of the molecule is [C-]#[N+]CCNc1ccc(C)c(NCCC#N)c1. The number of nitrogens with one attached hydrogen (secondary N) is 2. The lowest BCUT2D eigenvalue weighted by Crippen LogP contribution is -2.06. The van der Waals surface area contributed by atoms with Gasteiger partial charge < -0.3 is 15.5 Å². The average Bonchev–Trinajstić information content (AvgIpc) is 2.33. The summed E-state index contributed by atoms with van der Waals surface area (Å²) in [5.74, 6) is 0. The van der Waals surface area contributed by atoms with Crippen LogP contribution in [-0.2, 0) is 0 Å². The first-order valence-corrected chi connectivity index (χ1v) is 5.56. The highest BCUT2D eigenvalue weighted by Gasteiger charge is 2.00. The van der Waals surface area contributed by atoms with Crippen LogP contribution in [0.3, 0.4) is 0 Å². The molecule has 4 heteroatoms. The highest BCUT2D eigenvalue weighted by atomic mass is 14.9. The lowest BCUT2D eigenvalue weighted by molar-refractivity contribution is 1.07. The van der Waals surface area contributed by atoms with Gasteiger partial charge in [-0.3, -0.25) is 0 Å². The van der Waals surface area contributed by atoms with Crippen molar-refractivity contribution in [2.45, 2.75) is 13.3 Å². The topological polar surface area (TPSA) is 52.2 Å². The van der Waals surface area contributed by atoms with Crippen molar-refractivity contribution >= 4 is 11.4 Å². The van der Waals surface area contributed by atoms with Crippen LogP contribution in [0.15, 0.2) is 18.2 Å². The molecule has 0 aliphatic carbocycles. The fraction of sp³-hybridized carbons (Fsp3) is 0.385. The minimum absolute atomic E-state index is 0.477. The zero-order valence-corrected chi connectivity index (χ0v) is 9.95. The monoisotopic (exact) mass is 228 g/mol. The Morgan fingerprint density at radius 1 is 1.35 bits per heavy atom. The van der Waals surface area contributed by atoms with Crippen LogP contribution < -0.4 is 10.6 Å². The van der Waals surface area contributed by atoms with E-state index in [1.807, 2.05) is 25.1 Å². The number of benzene rings is 1. The minimum atomic E-state index is 0.477. The van der Waals surface area contributed by atoms with Gasteiger partial charge in [0, 0.05) is 17.9 Å². The molecule has 0 spiro atoms. The molecule has 0 saturated carbocycles. The highest BCUT2D eigenvalue weighted by Crippen LogP contribution is 2.20. The maximum atomic E-state index is 8.48. The van der Waals surface area contributed by atoms with Gasteiger partial charge in [-0.25, -0.2) is 6.57 Å². The van der Waals surface area contributed by atoms with Gasteiger partial charge in [-0.2, -0.15) is 5.26 Å². The van der Waals surface area contributed by atoms with Gasteiger partial charge in [0.05, 0.1) is 19.0 Å². The van der Waals surface area contributed by atoms with Crippen molar-refractivity contribution in [3.8, 4) is 6.07 Å². The largest absolute Gasteiger partial charge is 0.384 e. The summed E-state index contributed by atoms with van der Waals surface area (Å²) in [6, 6.07) is 8.13. The Balaban J connectivity index is 2.60. The normalized spacial score (nSPS) is 9.12. The van der Waals surface area contributed by atoms with E-state index in [1.165, 1.54) is 0 Å². The predicted molar refractivity (Wildman–Crippen MR) is 69.9 cm³/mol. The van der Waals surface area contributed by atoms with Gasteiger partial charge in [0.1, 0.15) is 0 Å². The van der Waals surface area contributed by atoms with Gasteiger partial charge in [-0.15, -0.1) is 0 Å². The molecule has 0 aromatic heterocycles. The molecule has 0 saturated heterocycles. The van der Waals surface area contributed by atoms with Crippen LogP contribution in [0.4, 0.5) is 11.4 Å². The van der Waals surface area contributed by atoms with Crippen LogP contribution in [0.25, 0.3) is 4.85 Å². The van der Waals surface area contributed by atoms with Crippen molar-refractivity contribution in [1.29, 1.82) is 5.26 Å². The second kappa shape index (κ2) is 7.14. The summed E-state index contributed by atoms with van der Waals surface area (Å²) in [7, 11) is 0. The van der Waals surface area contributed by atoms with Crippen LogP contribution in [-0.4, -0.2) is 19.6 Å². The lowest BCUT2D eigenvalue weighted by Gasteiger charge is -2.11. The molecule has 4 nitrogen and oxygen atoms in total. The molecule has 88 valence electrons. The standard InChI is InChI=1S/C13H16N4/c1-11-4-5-12(16-9-8-15-2)10-13(11)17-7-3-6-14/h4-5,10,16-17H,3,7-9H2,1H3. The highest BCUT2D eigenvalue weighted by molar-refractivity contribution is 5.61. The average molecular weight is 228 g/mol. The van der Waals surface area contributed by atoms with Gasteiger partial charge in [-0.05, 0) is 24.6 Å². The smallest absolute Gasteiger partial charge is 0.231 e. The van der Waals surface area contributed by atoms with Crippen LogP contribution in [0.5, 0.6) is 0 Å². The van der Waals surface area contributed by atoms with Crippen molar-refractivity contribution in [3.63, 3.8) is 0 Å². The molecule has 0 heterocycles. The molecule has 1 aromatic carbocycles. The minimum Gasteiger partial charge on any atom is -0.384 e.